The van der Waals surface area contributed by atoms with E-state index in [0.717, 1.165) is 22.1 Å². The SMILES string of the molecule is CCC(O)(CC)COc1c(C(C)N)ccc2ccccc12. The van der Waals surface area contributed by atoms with Crippen LogP contribution in [0.15, 0.2) is 36.4 Å². The van der Waals surface area contributed by atoms with Gasteiger partial charge in [-0.25, -0.2) is 0 Å². The average molecular weight is 287 g/mol. The Kier molecular flexibility index (Phi) is 4.86. The predicted octanol–water partition coefficient (Wildman–Crippen LogP) is 3.79. The lowest BCUT2D eigenvalue weighted by Crippen LogP contribution is -2.34. The Bertz CT molecular complexity index is 603. The van der Waals surface area contributed by atoms with Gasteiger partial charge in [-0.2, -0.15) is 0 Å². The molecule has 0 aromatic heterocycles. The summed E-state index contributed by atoms with van der Waals surface area (Å²) in [4.78, 5) is 0. The predicted molar refractivity (Wildman–Crippen MR) is 87.6 cm³/mol. The smallest absolute Gasteiger partial charge is 0.132 e. The molecule has 3 heteroatoms. The zero-order chi connectivity index (χ0) is 15.5. The Morgan fingerprint density at radius 3 is 2.43 bits per heavy atom. The van der Waals surface area contributed by atoms with Gasteiger partial charge in [0.05, 0.1) is 5.60 Å². The molecule has 1 unspecified atom stereocenters. The maximum absolute atomic E-state index is 10.4. The van der Waals surface area contributed by atoms with Crippen LogP contribution in [0.25, 0.3) is 10.8 Å². The summed E-state index contributed by atoms with van der Waals surface area (Å²) in [5.74, 6) is 0.795. The van der Waals surface area contributed by atoms with Crippen LogP contribution in [0.4, 0.5) is 0 Å². The van der Waals surface area contributed by atoms with E-state index in [1.165, 1.54) is 0 Å². The molecule has 0 fully saturated rings. The van der Waals surface area contributed by atoms with Crippen molar-refractivity contribution in [1.29, 1.82) is 0 Å². The van der Waals surface area contributed by atoms with Crippen molar-refractivity contribution >= 4 is 10.8 Å². The number of hydrogen-bond acceptors (Lipinski definition) is 3. The van der Waals surface area contributed by atoms with Gasteiger partial charge in [0, 0.05) is 17.0 Å². The van der Waals surface area contributed by atoms with E-state index < -0.39 is 5.60 Å². The minimum Gasteiger partial charge on any atom is -0.490 e. The molecule has 0 amide bonds. The molecule has 3 nitrogen and oxygen atoms in total. The first-order valence-corrected chi connectivity index (χ1v) is 7.63. The molecule has 2 rings (SSSR count). The van der Waals surface area contributed by atoms with E-state index >= 15 is 0 Å². The second-order valence-corrected chi connectivity index (χ2v) is 5.71. The summed E-state index contributed by atoms with van der Waals surface area (Å²) < 4.78 is 6.03. The summed E-state index contributed by atoms with van der Waals surface area (Å²) in [6, 6.07) is 12.1. The van der Waals surface area contributed by atoms with Gasteiger partial charge in [0.2, 0.25) is 0 Å². The quantitative estimate of drug-likeness (QED) is 0.850. The Hall–Kier alpha value is -1.58. The lowest BCUT2D eigenvalue weighted by Gasteiger charge is -2.26. The minimum atomic E-state index is -0.786. The molecule has 3 N–H and O–H groups in total. The van der Waals surface area contributed by atoms with E-state index in [4.69, 9.17) is 10.5 Å². The molecule has 0 spiro atoms. The number of nitrogens with two attached hydrogens (primary N) is 1. The van der Waals surface area contributed by atoms with Gasteiger partial charge in [0.25, 0.3) is 0 Å². The molecule has 2 aromatic rings. The Labute approximate surface area is 126 Å². The van der Waals surface area contributed by atoms with Crippen LogP contribution in [0.1, 0.15) is 45.2 Å². The summed E-state index contributed by atoms with van der Waals surface area (Å²) in [5.41, 5.74) is 6.26. The van der Waals surface area contributed by atoms with Gasteiger partial charge in [0.1, 0.15) is 12.4 Å². The zero-order valence-electron chi connectivity index (χ0n) is 13.1. The van der Waals surface area contributed by atoms with E-state index in [9.17, 15) is 5.11 Å². The van der Waals surface area contributed by atoms with Crippen molar-refractivity contribution in [3.8, 4) is 5.75 Å². The van der Waals surface area contributed by atoms with Gasteiger partial charge in [-0.1, -0.05) is 50.2 Å². The van der Waals surface area contributed by atoms with E-state index in [1.807, 2.05) is 45.0 Å². The van der Waals surface area contributed by atoms with Crippen LogP contribution < -0.4 is 10.5 Å². The number of hydrogen-bond donors (Lipinski definition) is 2. The average Bonchev–Trinajstić information content (AvgIpc) is 2.51. The van der Waals surface area contributed by atoms with Crippen LogP contribution in [0, 0.1) is 0 Å². The first kappa shape index (κ1) is 15.8. The first-order chi connectivity index (χ1) is 10.0. The van der Waals surface area contributed by atoms with Crippen molar-refractivity contribution in [2.24, 2.45) is 5.73 Å². The highest BCUT2D eigenvalue weighted by Crippen LogP contribution is 2.33. The number of rotatable bonds is 6. The highest BCUT2D eigenvalue weighted by molar-refractivity contribution is 5.89. The molecule has 114 valence electrons. The maximum atomic E-state index is 10.4. The highest BCUT2D eigenvalue weighted by atomic mass is 16.5. The Morgan fingerprint density at radius 2 is 1.81 bits per heavy atom. The fourth-order valence-electron chi connectivity index (χ4n) is 2.44. The Morgan fingerprint density at radius 1 is 1.14 bits per heavy atom. The van der Waals surface area contributed by atoms with Crippen LogP contribution in [-0.2, 0) is 0 Å². The number of fused-ring (bicyclic) bond motifs is 1. The van der Waals surface area contributed by atoms with Crippen LogP contribution in [0.3, 0.4) is 0 Å². The van der Waals surface area contributed by atoms with Gasteiger partial charge in [0.15, 0.2) is 0 Å². The lowest BCUT2D eigenvalue weighted by atomic mass is 9.98. The standard InChI is InChI=1S/C18H25NO2/c1-4-18(20,5-2)12-21-17-15(13(3)19)11-10-14-8-6-7-9-16(14)17/h6-11,13,20H,4-5,12,19H2,1-3H3. The third-order valence-corrected chi connectivity index (χ3v) is 4.20. The minimum absolute atomic E-state index is 0.110. The summed E-state index contributed by atoms with van der Waals surface area (Å²) in [6.07, 6.45) is 1.34. The molecule has 0 aliphatic heterocycles. The fourth-order valence-corrected chi connectivity index (χ4v) is 2.44. The summed E-state index contributed by atoms with van der Waals surface area (Å²) >= 11 is 0. The van der Waals surface area contributed by atoms with Crippen LogP contribution in [0.2, 0.25) is 0 Å². The van der Waals surface area contributed by atoms with Gasteiger partial charge in [-0.15, -0.1) is 0 Å². The Balaban J connectivity index is 2.42. The zero-order valence-corrected chi connectivity index (χ0v) is 13.1. The number of aliphatic hydroxyl groups is 1. The third kappa shape index (κ3) is 3.36. The van der Waals surface area contributed by atoms with E-state index in [2.05, 4.69) is 12.1 Å². The van der Waals surface area contributed by atoms with Crippen molar-refractivity contribution < 1.29 is 9.84 Å². The van der Waals surface area contributed by atoms with Gasteiger partial charge < -0.3 is 15.6 Å². The molecule has 0 saturated carbocycles. The van der Waals surface area contributed by atoms with Crippen molar-refractivity contribution in [3.63, 3.8) is 0 Å². The lowest BCUT2D eigenvalue weighted by molar-refractivity contribution is -0.0112. The number of ether oxygens (including phenoxy) is 1. The van der Waals surface area contributed by atoms with E-state index in [0.29, 0.717) is 12.8 Å². The van der Waals surface area contributed by atoms with Crippen LogP contribution in [-0.4, -0.2) is 17.3 Å². The molecule has 0 bridgehead atoms. The normalized spacial score (nSPS) is 13.4. The van der Waals surface area contributed by atoms with Crippen molar-refractivity contribution in [2.75, 3.05) is 6.61 Å². The fraction of sp³-hybridized carbons (Fsp3) is 0.444. The highest BCUT2D eigenvalue weighted by Gasteiger charge is 2.24. The summed E-state index contributed by atoms with van der Waals surface area (Å²) in [7, 11) is 0. The molecule has 0 aliphatic rings. The van der Waals surface area contributed by atoms with Crippen LogP contribution in [0.5, 0.6) is 5.75 Å². The second-order valence-electron chi connectivity index (χ2n) is 5.71. The monoisotopic (exact) mass is 287 g/mol. The van der Waals surface area contributed by atoms with Crippen molar-refractivity contribution in [3.05, 3.63) is 42.0 Å². The van der Waals surface area contributed by atoms with Crippen molar-refractivity contribution in [1.82, 2.24) is 0 Å². The molecule has 0 radical (unpaired) electrons. The summed E-state index contributed by atoms with van der Waals surface area (Å²) in [6.45, 7) is 6.18. The maximum Gasteiger partial charge on any atom is 0.132 e. The molecular weight excluding hydrogens is 262 g/mol. The second kappa shape index (κ2) is 6.46. The molecular formula is C18H25NO2. The van der Waals surface area contributed by atoms with E-state index in [1.54, 1.807) is 0 Å². The molecule has 1 atom stereocenters. The molecule has 21 heavy (non-hydrogen) atoms. The molecule has 0 saturated heterocycles. The van der Waals surface area contributed by atoms with Gasteiger partial charge >= 0.3 is 0 Å². The van der Waals surface area contributed by atoms with Gasteiger partial charge in [-0.3, -0.25) is 0 Å². The largest absolute Gasteiger partial charge is 0.490 e. The first-order valence-electron chi connectivity index (χ1n) is 7.63. The molecule has 2 aromatic carbocycles. The number of benzene rings is 2. The van der Waals surface area contributed by atoms with Crippen LogP contribution >= 0.6 is 0 Å². The topological polar surface area (TPSA) is 55.5 Å². The van der Waals surface area contributed by atoms with Crippen molar-refractivity contribution in [2.45, 2.75) is 45.3 Å². The summed E-state index contributed by atoms with van der Waals surface area (Å²) in [5, 5.41) is 12.6. The molecule has 0 heterocycles. The van der Waals surface area contributed by atoms with Gasteiger partial charge in [-0.05, 0) is 25.2 Å². The van der Waals surface area contributed by atoms with E-state index in [-0.39, 0.29) is 12.6 Å². The third-order valence-electron chi connectivity index (χ3n) is 4.20. The molecule has 0 aliphatic carbocycles.